The predicted octanol–water partition coefficient (Wildman–Crippen LogP) is 1.40. The molecule has 2 heterocycles. The summed E-state index contributed by atoms with van der Waals surface area (Å²) in [6, 6.07) is 0.447. The molecule has 6 nitrogen and oxygen atoms in total. The second-order valence-electron chi connectivity index (χ2n) is 5.09. The summed E-state index contributed by atoms with van der Waals surface area (Å²) in [5.41, 5.74) is 0. The first-order chi connectivity index (χ1) is 9.55. The van der Waals surface area contributed by atoms with Gasteiger partial charge in [0.05, 0.1) is 23.9 Å². The molecule has 0 spiro atoms. The van der Waals surface area contributed by atoms with Crippen LogP contribution >= 0.6 is 15.9 Å². The molecule has 20 heavy (non-hydrogen) atoms. The number of aromatic nitrogens is 2. The lowest BCUT2D eigenvalue weighted by atomic mass is 10.2. The van der Waals surface area contributed by atoms with Gasteiger partial charge in [0.1, 0.15) is 0 Å². The third kappa shape index (κ3) is 3.39. The Labute approximate surface area is 128 Å². The maximum atomic E-state index is 5.43. The summed E-state index contributed by atoms with van der Waals surface area (Å²) in [6.07, 6.45) is 3.07. The van der Waals surface area contributed by atoms with Crippen LogP contribution in [0, 0.1) is 0 Å². The van der Waals surface area contributed by atoms with E-state index < -0.39 is 0 Å². The third-order valence-electron chi connectivity index (χ3n) is 3.70. The Morgan fingerprint density at radius 1 is 1.50 bits per heavy atom. The van der Waals surface area contributed by atoms with E-state index in [2.05, 4.69) is 37.8 Å². The molecule has 1 aromatic rings. The highest BCUT2D eigenvalue weighted by Crippen LogP contribution is 2.24. The summed E-state index contributed by atoms with van der Waals surface area (Å²) in [5.74, 6) is 1.22. The van der Waals surface area contributed by atoms with Gasteiger partial charge in [-0.05, 0) is 29.4 Å². The van der Waals surface area contributed by atoms with E-state index in [0.717, 1.165) is 24.0 Å². The van der Waals surface area contributed by atoms with Crippen LogP contribution in [-0.2, 0) is 4.74 Å². The van der Waals surface area contributed by atoms with Crippen molar-refractivity contribution < 1.29 is 9.47 Å². The van der Waals surface area contributed by atoms with E-state index in [9.17, 15) is 0 Å². The number of methoxy groups -OCH3 is 2. The number of rotatable bonds is 5. The Hall–Kier alpha value is -0.920. The summed E-state index contributed by atoms with van der Waals surface area (Å²) in [7, 11) is 7.50. The molecule has 112 valence electrons. The van der Waals surface area contributed by atoms with Gasteiger partial charge in [0.15, 0.2) is 0 Å². The monoisotopic (exact) mass is 344 g/mol. The molecule has 0 radical (unpaired) electrons. The molecule has 1 aromatic heterocycles. The van der Waals surface area contributed by atoms with Crippen LogP contribution in [-0.4, -0.2) is 68.4 Å². The van der Waals surface area contributed by atoms with Gasteiger partial charge in [0, 0.05) is 33.3 Å². The number of likely N-dealkylation sites (tertiary alicyclic amines) is 1. The highest BCUT2D eigenvalue weighted by Gasteiger charge is 2.30. The summed E-state index contributed by atoms with van der Waals surface area (Å²) < 4.78 is 11.4. The average molecular weight is 345 g/mol. The van der Waals surface area contributed by atoms with E-state index in [1.807, 2.05) is 11.9 Å². The molecule has 0 amide bonds. The first kappa shape index (κ1) is 15.5. The first-order valence-corrected chi connectivity index (χ1v) is 7.35. The van der Waals surface area contributed by atoms with Crippen LogP contribution in [0.5, 0.6) is 5.88 Å². The van der Waals surface area contributed by atoms with Gasteiger partial charge >= 0.3 is 0 Å². The van der Waals surface area contributed by atoms with Gasteiger partial charge < -0.3 is 14.4 Å². The second-order valence-corrected chi connectivity index (χ2v) is 5.95. The number of halogens is 1. The van der Waals surface area contributed by atoms with Crippen LogP contribution < -0.4 is 9.64 Å². The smallest absolute Gasteiger partial charge is 0.232 e. The molecule has 2 atom stereocenters. The molecular weight excluding hydrogens is 324 g/mol. The Kier molecular flexibility index (Phi) is 5.17. The molecule has 0 unspecified atom stereocenters. The van der Waals surface area contributed by atoms with Crippen molar-refractivity contribution in [3.05, 3.63) is 10.7 Å². The topological polar surface area (TPSA) is 50.7 Å². The Balaban J connectivity index is 2.03. The molecule has 0 bridgehead atoms. The lowest BCUT2D eigenvalue weighted by molar-refractivity contribution is 0.111. The highest BCUT2D eigenvalue weighted by molar-refractivity contribution is 9.10. The van der Waals surface area contributed by atoms with Crippen molar-refractivity contribution in [3.63, 3.8) is 0 Å². The van der Waals surface area contributed by atoms with E-state index in [0.29, 0.717) is 24.0 Å². The number of ether oxygens (including phenoxy) is 2. The maximum Gasteiger partial charge on any atom is 0.232 e. The molecule has 1 aliphatic heterocycles. The molecule has 7 heteroatoms. The van der Waals surface area contributed by atoms with Crippen LogP contribution in [0.25, 0.3) is 0 Å². The Morgan fingerprint density at radius 2 is 2.25 bits per heavy atom. The minimum atomic E-state index is 0.318. The summed E-state index contributed by atoms with van der Waals surface area (Å²) in [4.78, 5) is 13.1. The molecule has 1 aliphatic rings. The molecule has 0 aromatic carbocycles. The molecule has 0 N–H and O–H groups in total. The number of anilines is 1. The number of hydrogen-bond donors (Lipinski definition) is 0. The van der Waals surface area contributed by atoms with Crippen molar-refractivity contribution in [2.45, 2.75) is 18.6 Å². The average Bonchev–Trinajstić information content (AvgIpc) is 2.79. The zero-order valence-corrected chi connectivity index (χ0v) is 13.9. The van der Waals surface area contributed by atoms with Crippen LogP contribution in [0.15, 0.2) is 10.7 Å². The van der Waals surface area contributed by atoms with Gasteiger partial charge in [-0.3, -0.25) is 4.90 Å². The van der Waals surface area contributed by atoms with E-state index in [1.54, 1.807) is 20.4 Å². The standard InChI is InChI=1S/C13H21BrN4O2/c1-17-8-10(19-3)5-9(17)7-18(2)13-15-6-11(14)12(16-13)20-4/h6,9-10H,5,7-8H2,1-4H3/t9-,10-/m0/s1. The first-order valence-electron chi connectivity index (χ1n) is 6.55. The van der Waals surface area contributed by atoms with Crippen molar-refractivity contribution in [1.82, 2.24) is 14.9 Å². The Morgan fingerprint density at radius 3 is 2.85 bits per heavy atom. The fourth-order valence-electron chi connectivity index (χ4n) is 2.48. The lowest BCUT2D eigenvalue weighted by Crippen LogP contribution is -2.37. The maximum absolute atomic E-state index is 5.43. The van der Waals surface area contributed by atoms with Gasteiger partial charge in [-0.1, -0.05) is 0 Å². The minimum Gasteiger partial charge on any atom is -0.480 e. The SMILES string of the molecule is COc1nc(N(C)C[C@@H]2C[C@H](OC)CN2C)ncc1Br. The van der Waals surface area contributed by atoms with Crippen molar-refractivity contribution >= 4 is 21.9 Å². The van der Waals surface area contributed by atoms with Gasteiger partial charge in [-0.25, -0.2) is 4.98 Å². The molecule has 2 rings (SSSR count). The van der Waals surface area contributed by atoms with E-state index in [1.165, 1.54) is 0 Å². The van der Waals surface area contributed by atoms with Crippen LogP contribution in [0.3, 0.4) is 0 Å². The van der Waals surface area contributed by atoms with Crippen molar-refractivity contribution in [3.8, 4) is 5.88 Å². The molecule has 1 saturated heterocycles. The fraction of sp³-hybridized carbons (Fsp3) is 0.692. The van der Waals surface area contributed by atoms with Crippen LogP contribution in [0.2, 0.25) is 0 Å². The van der Waals surface area contributed by atoms with Crippen LogP contribution in [0.1, 0.15) is 6.42 Å². The van der Waals surface area contributed by atoms with Gasteiger partial charge in [0.2, 0.25) is 11.8 Å². The molecular formula is C13H21BrN4O2. The van der Waals surface area contributed by atoms with E-state index in [4.69, 9.17) is 9.47 Å². The summed E-state index contributed by atoms with van der Waals surface area (Å²) in [5, 5.41) is 0. The third-order valence-corrected chi connectivity index (χ3v) is 4.25. The van der Waals surface area contributed by atoms with Crippen molar-refractivity contribution in [2.75, 3.05) is 46.3 Å². The zero-order valence-electron chi connectivity index (χ0n) is 12.3. The molecule has 0 aliphatic carbocycles. The molecule has 1 fully saturated rings. The number of nitrogens with zero attached hydrogens (tertiary/aromatic N) is 4. The quantitative estimate of drug-likeness (QED) is 0.804. The van der Waals surface area contributed by atoms with Crippen molar-refractivity contribution in [2.24, 2.45) is 0 Å². The minimum absolute atomic E-state index is 0.318. The van der Waals surface area contributed by atoms with Gasteiger partial charge in [-0.2, -0.15) is 4.98 Å². The number of likely N-dealkylation sites (N-methyl/N-ethyl adjacent to an activating group) is 2. The Bertz CT molecular complexity index is 460. The van der Waals surface area contributed by atoms with Crippen LogP contribution in [0.4, 0.5) is 5.95 Å². The van der Waals surface area contributed by atoms with E-state index in [-0.39, 0.29) is 0 Å². The van der Waals surface area contributed by atoms with Crippen molar-refractivity contribution in [1.29, 1.82) is 0 Å². The number of hydrogen-bond acceptors (Lipinski definition) is 6. The lowest BCUT2D eigenvalue weighted by Gasteiger charge is -2.25. The second kappa shape index (κ2) is 6.69. The van der Waals surface area contributed by atoms with Gasteiger partial charge in [0.25, 0.3) is 0 Å². The van der Waals surface area contributed by atoms with E-state index >= 15 is 0 Å². The molecule has 0 saturated carbocycles. The fourth-order valence-corrected chi connectivity index (χ4v) is 2.83. The predicted molar refractivity (Wildman–Crippen MR) is 81.4 cm³/mol. The summed E-state index contributed by atoms with van der Waals surface area (Å²) in [6.45, 7) is 1.83. The largest absolute Gasteiger partial charge is 0.480 e. The summed E-state index contributed by atoms with van der Waals surface area (Å²) >= 11 is 3.36. The highest BCUT2D eigenvalue weighted by atomic mass is 79.9. The van der Waals surface area contributed by atoms with Gasteiger partial charge in [-0.15, -0.1) is 0 Å². The normalized spacial score (nSPS) is 23.1. The zero-order chi connectivity index (χ0) is 14.7.